The number of anilines is 2. The molecule has 2 N–H and O–H groups in total. The van der Waals surface area contributed by atoms with Gasteiger partial charge in [0.2, 0.25) is 0 Å². The standard InChI is InChI=1S/C13H12FNO/c14-11-4-6-12(7-5-11)15-13-3-1-2-10(8-13)9-16/h1-8,15-16H,9H2. The number of hydrogen-bond donors (Lipinski definition) is 2. The number of aliphatic hydroxyl groups excluding tert-OH is 1. The fraction of sp³-hybridized carbons (Fsp3) is 0.0769. The second-order valence-corrected chi connectivity index (χ2v) is 3.49. The van der Waals surface area contributed by atoms with E-state index >= 15 is 0 Å². The first-order chi connectivity index (χ1) is 7.78. The molecule has 0 saturated carbocycles. The molecule has 3 heteroatoms. The van der Waals surface area contributed by atoms with Crippen LogP contribution in [0.4, 0.5) is 15.8 Å². The van der Waals surface area contributed by atoms with Crippen LogP contribution in [0.1, 0.15) is 5.56 Å². The van der Waals surface area contributed by atoms with E-state index in [0.29, 0.717) is 0 Å². The van der Waals surface area contributed by atoms with Crippen LogP contribution in [0.25, 0.3) is 0 Å². The monoisotopic (exact) mass is 217 g/mol. The van der Waals surface area contributed by atoms with Gasteiger partial charge in [-0.05, 0) is 42.0 Å². The van der Waals surface area contributed by atoms with Crippen LogP contribution in [-0.4, -0.2) is 5.11 Å². The molecule has 2 aromatic rings. The number of nitrogens with one attached hydrogen (secondary N) is 1. The molecule has 2 rings (SSSR count). The van der Waals surface area contributed by atoms with E-state index in [9.17, 15) is 4.39 Å². The summed E-state index contributed by atoms with van der Waals surface area (Å²) in [6, 6.07) is 13.6. The van der Waals surface area contributed by atoms with E-state index in [-0.39, 0.29) is 12.4 Å². The summed E-state index contributed by atoms with van der Waals surface area (Å²) >= 11 is 0. The van der Waals surface area contributed by atoms with Crippen molar-refractivity contribution in [1.82, 2.24) is 0 Å². The molecule has 0 radical (unpaired) electrons. The molecule has 0 fully saturated rings. The van der Waals surface area contributed by atoms with Crippen molar-refractivity contribution < 1.29 is 9.50 Å². The molecule has 0 amide bonds. The maximum Gasteiger partial charge on any atom is 0.123 e. The minimum Gasteiger partial charge on any atom is -0.392 e. The summed E-state index contributed by atoms with van der Waals surface area (Å²) in [5, 5.41) is 12.1. The lowest BCUT2D eigenvalue weighted by Crippen LogP contribution is -1.91. The Labute approximate surface area is 93.4 Å². The SMILES string of the molecule is OCc1cccc(Nc2ccc(F)cc2)c1. The number of halogens is 1. The molecule has 0 atom stereocenters. The second kappa shape index (κ2) is 4.77. The van der Waals surface area contributed by atoms with Crippen molar-refractivity contribution in [1.29, 1.82) is 0 Å². The van der Waals surface area contributed by atoms with Crippen molar-refractivity contribution in [3.8, 4) is 0 Å². The van der Waals surface area contributed by atoms with E-state index in [4.69, 9.17) is 5.11 Å². The highest BCUT2D eigenvalue weighted by molar-refractivity contribution is 5.59. The van der Waals surface area contributed by atoms with Crippen molar-refractivity contribution in [2.45, 2.75) is 6.61 Å². The smallest absolute Gasteiger partial charge is 0.123 e. The number of hydrogen-bond acceptors (Lipinski definition) is 2. The Balaban J connectivity index is 2.16. The maximum absolute atomic E-state index is 12.7. The molecule has 0 aliphatic heterocycles. The zero-order chi connectivity index (χ0) is 11.4. The van der Waals surface area contributed by atoms with Crippen LogP contribution in [0.2, 0.25) is 0 Å². The minimum absolute atomic E-state index is 0.0128. The van der Waals surface area contributed by atoms with Crippen molar-refractivity contribution in [3.63, 3.8) is 0 Å². The molecule has 0 saturated heterocycles. The van der Waals surface area contributed by atoms with Gasteiger partial charge in [-0.1, -0.05) is 12.1 Å². The fourth-order valence-corrected chi connectivity index (χ4v) is 1.45. The zero-order valence-corrected chi connectivity index (χ0v) is 8.65. The Bertz CT molecular complexity index is 468. The van der Waals surface area contributed by atoms with Gasteiger partial charge in [0.25, 0.3) is 0 Å². The first kappa shape index (κ1) is 10.6. The summed E-state index contributed by atoms with van der Waals surface area (Å²) in [6.07, 6.45) is 0. The molecule has 82 valence electrons. The van der Waals surface area contributed by atoms with Crippen LogP contribution in [-0.2, 0) is 6.61 Å². The Morgan fingerprint density at radius 1 is 1.00 bits per heavy atom. The molecule has 0 unspecified atom stereocenters. The van der Waals surface area contributed by atoms with Gasteiger partial charge in [-0.2, -0.15) is 0 Å². The summed E-state index contributed by atoms with van der Waals surface area (Å²) in [5.74, 6) is -0.255. The molecule has 0 heterocycles. The van der Waals surface area contributed by atoms with Crippen LogP contribution in [0.5, 0.6) is 0 Å². The van der Waals surface area contributed by atoms with E-state index in [1.54, 1.807) is 12.1 Å². The Morgan fingerprint density at radius 3 is 2.44 bits per heavy atom. The first-order valence-corrected chi connectivity index (χ1v) is 5.00. The number of rotatable bonds is 3. The van der Waals surface area contributed by atoms with Gasteiger partial charge in [-0.15, -0.1) is 0 Å². The van der Waals surface area contributed by atoms with Gasteiger partial charge in [0, 0.05) is 11.4 Å². The highest BCUT2D eigenvalue weighted by Gasteiger charge is 1.96. The minimum atomic E-state index is -0.255. The Morgan fingerprint density at radius 2 is 1.75 bits per heavy atom. The predicted octanol–water partition coefficient (Wildman–Crippen LogP) is 3.06. The molecular weight excluding hydrogens is 205 g/mol. The largest absolute Gasteiger partial charge is 0.392 e. The van der Waals surface area contributed by atoms with Crippen LogP contribution >= 0.6 is 0 Å². The van der Waals surface area contributed by atoms with Crippen molar-refractivity contribution in [3.05, 3.63) is 59.9 Å². The van der Waals surface area contributed by atoms with E-state index in [0.717, 1.165) is 16.9 Å². The molecule has 0 aromatic heterocycles. The van der Waals surface area contributed by atoms with Crippen molar-refractivity contribution in [2.75, 3.05) is 5.32 Å². The van der Waals surface area contributed by atoms with Gasteiger partial charge in [0.05, 0.1) is 6.61 Å². The molecule has 16 heavy (non-hydrogen) atoms. The molecule has 2 aromatic carbocycles. The van der Waals surface area contributed by atoms with Crippen LogP contribution < -0.4 is 5.32 Å². The Kier molecular flexibility index (Phi) is 3.17. The first-order valence-electron chi connectivity index (χ1n) is 5.00. The fourth-order valence-electron chi connectivity index (χ4n) is 1.45. The normalized spacial score (nSPS) is 10.1. The van der Waals surface area contributed by atoms with Gasteiger partial charge in [-0.3, -0.25) is 0 Å². The highest BCUT2D eigenvalue weighted by atomic mass is 19.1. The quantitative estimate of drug-likeness (QED) is 0.828. The molecule has 0 spiro atoms. The lowest BCUT2D eigenvalue weighted by Gasteiger charge is -2.07. The van der Waals surface area contributed by atoms with E-state index < -0.39 is 0 Å². The third kappa shape index (κ3) is 2.58. The zero-order valence-electron chi connectivity index (χ0n) is 8.65. The third-order valence-corrected chi connectivity index (χ3v) is 2.24. The summed E-state index contributed by atoms with van der Waals surface area (Å²) < 4.78 is 12.7. The van der Waals surface area contributed by atoms with E-state index in [1.165, 1.54) is 12.1 Å². The summed E-state index contributed by atoms with van der Waals surface area (Å²) in [7, 11) is 0. The summed E-state index contributed by atoms with van der Waals surface area (Å²) in [5.41, 5.74) is 2.53. The van der Waals surface area contributed by atoms with Gasteiger partial charge < -0.3 is 10.4 Å². The van der Waals surface area contributed by atoms with Crippen LogP contribution in [0.3, 0.4) is 0 Å². The number of aliphatic hydroxyl groups is 1. The molecule has 2 nitrogen and oxygen atoms in total. The van der Waals surface area contributed by atoms with Gasteiger partial charge in [0.1, 0.15) is 5.82 Å². The van der Waals surface area contributed by atoms with E-state index in [1.807, 2.05) is 24.3 Å². The highest BCUT2D eigenvalue weighted by Crippen LogP contribution is 2.17. The summed E-state index contributed by atoms with van der Waals surface area (Å²) in [6.45, 7) is 0.0128. The lowest BCUT2D eigenvalue weighted by molar-refractivity contribution is 0.282. The van der Waals surface area contributed by atoms with Crippen molar-refractivity contribution >= 4 is 11.4 Å². The molecular formula is C13H12FNO. The van der Waals surface area contributed by atoms with Crippen LogP contribution in [0, 0.1) is 5.82 Å². The third-order valence-electron chi connectivity index (χ3n) is 2.24. The van der Waals surface area contributed by atoms with Crippen molar-refractivity contribution in [2.24, 2.45) is 0 Å². The second-order valence-electron chi connectivity index (χ2n) is 3.49. The average Bonchev–Trinajstić information content (AvgIpc) is 2.32. The maximum atomic E-state index is 12.7. The lowest BCUT2D eigenvalue weighted by atomic mass is 10.2. The molecule has 0 aliphatic carbocycles. The molecule has 0 bridgehead atoms. The topological polar surface area (TPSA) is 32.3 Å². The van der Waals surface area contributed by atoms with Gasteiger partial charge in [-0.25, -0.2) is 4.39 Å². The summed E-state index contributed by atoms with van der Waals surface area (Å²) in [4.78, 5) is 0. The molecule has 0 aliphatic rings. The van der Waals surface area contributed by atoms with Crippen LogP contribution in [0.15, 0.2) is 48.5 Å². The predicted molar refractivity (Wildman–Crippen MR) is 62.0 cm³/mol. The van der Waals surface area contributed by atoms with E-state index in [2.05, 4.69) is 5.32 Å². The number of benzene rings is 2. The Hall–Kier alpha value is -1.87. The van der Waals surface area contributed by atoms with Gasteiger partial charge in [0.15, 0.2) is 0 Å². The average molecular weight is 217 g/mol. The van der Waals surface area contributed by atoms with Gasteiger partial charge >= 0.3 is 0 Å².